The topological polar surface area (TPSA) is 86.5 Å². The van der Waals surface area contributed by atoms with Gasteiger partial charge in [-0.1, -0.05) is 0 Å². The van der Waals surface area contributed by atoms with Crippen molar-refractivity contribution in [1.29, 1.82) is 0 Å². The molecule has 0 aliphatic carbocycles. The van der Waals surface area contributed by atoms with Crippen LogP contribution in [0.15, 0.2) is 35.1 Å². The lowest BCUT2D eigenvalue weighted by molar-refractivity contribution is -0.0498. The van der Waals surface area contributed by atoms with Crippen LogP contribution in [0.1, 0.15) is 40.1 Å². The average Bonchev–Trinajstić information content (AvgIpc) is 3.42. The molecule has 1 aliphatic rings. The Kier molecular flexibility index (Phi) is 5.54. The molecule has 3 heterocycles. The van der Waals surface area contributed by atoms with Crippen LogP contribution in [0.5, 0.6) is 5.75 Å². The number of hydrogen-bond donors (Lipinski definition) is 1. The lowest BCUT2D eigenvalue weighted by atomic mass is 10.1. The van der Waals surface area contributed by atoms with Crippen molar-refractivity contribution in [2.75, 3.05) is 11.9 Å². The maximum atomic E-state index is 12.6. The summed E-state index contributed by atoms with van der Waals surface area (Å²) >= 11 is 1.30. The Hall–Kier alpha value is -2.85. The summed E-state index contributed by atoms with van der Waals surface area (Å²) in [5.74, 6) is 0.0613. The van der Waals surface area contributed by atoms with Gasteiger partial charge in [-0.2, -0.15) is 8.78 Å². The summed E-state index contributed by atoms with van der Waals surface area (Å²) in [7, 11) is 0. The smallest absolute Gasteiger partial charge is 0.387 e. The molecule has 2 aromatic heterocycles. The number of hydrogen-bond acceptors (Lipinski definition) is 7. The second kappa shape index (κ2) is 8.26. The van der Waals surface area contributed by atoms with Crippen molar-refractivity contribution >= 4 is 22.4 Å². The average molecular weight is 421 g/mol. The highest BCUT2D eigenvalue weighted by molar-refractivity contribution is 7.16. The third kappa shape index (κ3) is 4.28. The van der Waals surface area contributed by atoms with E-state index < -0.39 is 12.5 Å². The second-order valence-corrected chi connectivity index (χ2v) is 7.55. The standard InChI is InChI=1S/C19H17F2N3O4S/c1-10-14(11-4-6-12(7-5-11)28-18(20)21)23-19(29-10)24-17(25)15-16(27-9-22-15)13-3-2-8-26-13/h4-7,9,13,18H,2-3,8H2,1H3,(H,23,24,25). The van der Waals surface area contributed by atoms with Gasteiger partial charge in [-0.3, -0.25) is 10.1 Å². The molecule has 1 saturated heterocycles. The van der Waals surface area contributed by atoms with Gasteiger partial charge in [0, 0.05) is 17.0 Å². The first kappa shape index (κ1) is 19.5. The second-order valence-electron chi connectivity index (χ2n) is 6.35. The Labute approximate surface area is 168 Å². The number of benzene rings is 1. The summed E-state index contributed by atoms with van der Waals surface area (Å²) in [6, 6.07) is 6.17. The van der Waals surface area contributed by atoms with Crippen LogP contribution >= 0.6 is 11.3 Å². The van der Waals surface area contributed by atoms with Crippen LogP contribution in [0.3, 0.4) is 0 Å². The van der Waals surface area contributed by atoms with Gasteiger partial charge in [0.15, 0.2) is 23.0 Å². The summed E-state index contributed by atoms with van der Waals surface area (Å²) in [6.45, 7) is -0.386. The highest BCUT2D eigenvalue weighted by Crippen LogP contribution is 2.33. The van der Waals surface area contributed by atoms with Gasteiger partial charge in [-0.05, 0) is 44.0 Å². The first-order valence-corrected chi connectivity index (χ1v) is 9.72. The van der Waals surface area contributed by atoms with E-state index in [2.05, 4.69) is 20.0 Å². The van der Waals surface area contributed by atoms with Gasteiger partial charge in [0.25, 0.3) is 5.91 Å². The molecule has 1 unspecified atom stereocenters. The minimum Gasteiger partial charge on any atom is -0.445 e. The van der Waals surface area contributed by atoms with Gasteiger partial charge in [0.1, 0.15) is 11.9 Å². The molecular formula is C19H17F2N3O4S. The molecule has 0 radical (unpaired) electrons. The first-order chi connectivity index (χ1) is 14.0. The molecule has 0 spiro atoms. The largest absolute Gasteiger partial charge is 0.445 e. The zero-order valence-corrected chi connectivity index (χ0v) is 16.2. The van der Waals surface area contributed by atoms with Crippen LogP contribution in [0.4, 0.5) is 13.9 Å². The van der Waals surface area contributed by atoms with Crippen LogP contribution in [-0.2, 0) is 4.74 Å². The molecule has 1 fully saturated rings. The van der Waals surface area contributed by atoms with Crippen molar-refractivity contribution in [3.63, 3.8) is 0 Å². The fourth-order valence-electron chi connectivity index (χ4n) is 3.11. The molecule has 1 amide bonds. The number of nitrogens with zero attached hydrogens (tertiary/aromatic N) is 2. The van der Waals surface area contributed by atoms with E-state index in [1.807, 2.05) is 6.92 Å². The molecule has 7 nitrogen and oxygen atoms in total. The van der Waals surface area contributed by atoms with Crippen molar-refractivity contribution in [1.82, 2.24) is 9.97 Å². The number of amides is 1. The van der Waals surface area contributed by atoms with Crippen molar-refractivity contribution < 1.29 is 27.5 Å². The third-order valence-electron chi connectivity index (χ3n) is 4.40. The fourth-order valence-corrected chi connectivity index (χ4v) is 3.94. The van der Waals surface area contributed by atoms with Crippen molar-refractivity contribution in [3.8, 4) is 17.0 Å². The maximum Gasteiger partial charge on any atom is 0.387 e. The number of aryl methyl sites for hydroxylation is 1. The zero-order chi connectivity index (χ0) is 20.4. The molecule has 10 heteroatoms. The first-order valence-electron chi connectivity index (χ1n) is 8.90. The summed E-state index contributed by atoms with van der Waals surface area (Å²) < 4.78 is 39.9. The summed E-state index contributed by atoms with van der Waals surface area (Å²) in [4.78, 5) is 22.0. The number of carbonyl (C=O) groups excluding carboxylic acids is 1. The molecule has 29 heavy (non-hydrogen) atoms. The van der Waals surface area contributed by atoms with Crippen LogP contribution in [0.25, 0.3) is 11.3 Å². The highest BCUT2D eigenvalue weighted by Gasteiger charge is 2.28. The molecule has 3 aromatic rings. The van der Waals surface area contributed by atoms with Crippen LogP contribution in [0, 0.1) is 6.92 Å². The number of halogens is 2. The van der Waals surface area contributed by atoms with Crippen LogP contribution in [0.2, 0.25) is 0 Å². The highest BCUT2D eigenvalue weighted by atomic mass is 32.1. The van der Waals surface area contributed by atoms with Crippen molar-refractivity contribution in [2.45, 2.75) is 32.5 Å². The van der Waals surface area contributed by atoms with Gasteiger partial charge in [-0.25, -0.2) is 9.97 Å². The number of alkyl halides is 2. The lowest BCUT2D eigenvalue weighted by Crippen LogP contribution is -2.15. The maximum absolute atomic E-state index is 12.6. The Bertz CT molecular complexity index is 997. The van der Waals surface area contributed by atoms with Crippen molar-refractivity contribution in [3.05, 3.63) is 47.0 Å². The molecule has 4 rings (SSSR count). The normalized spacial score (nSPS) is 16.3. The van der Waals surface area contributed by atoms with E-state index in [9.17, 15) is 13.6 Å². The van der Waals surface area contributed by atoms with E-state index in [1.54, 1.807) is 12.1 Å². The van der Waals surface area contributed by atoms with Gasteiger partial charge >= 0.3 is 6.61 Å². The number of thiazole rings is 1. The number of ether oxygens (including phenoxy) is 2. The van der Waals surface area contributed by atoms with Crippen LogP contribution < -0.4 is 10.1 Å². The molecule has 1 aliphatic heterocycles. The SMILES string of the molecule is Cc1sc(NC(=O)c2ncoc2C2CCCO2)nc1-c1ccc(OC(F)F)cc1. The van der Waals surface area contributed by atoms with Gasteiger partial charge in [0.05, 0.1) is 5.69 Å². The number of anilines is 1. The van der Waals surface area contributed by atoms with E-state index in [1.165, 1.54) is 29.9 Å². The summed E-state index contributed by atoms with van der Waals surface area (Å²) in [5.41, 5.74) is 1.55. The number of nitrogens with one attached hydrogen (secondary N) is 1. The quantitative estimate of drug-likeness (QED) is 0.615. The van der Waals surface area contributed by atoms with E-state index in [0.717, 1.165) is 23.3 Å². The molecule has 0 bridgehead atoms. The molecule has 0 saturated carbocycles. The van der Waals surface area contributed by atoms with Crippen LogP contribution in [-0.4, -0.2) is 29.1 Å². The minimum absolute atomic E-state index is 0.0675. The van der Waals surface area contributed by atoms with Gasteiger partial charge in [-0.15, -0.1) is 11.3 Å². The fraction of sp³-hybridized carbons (Fsp3) is 0.316. The molecule has 1 aromatic carbocycles. The Morgan fingerprint density at radius 2 is 2.14 bits per heavy atom. The van der Waals surface area contributed by atoms with E-state index >= 15 is 0 Å². The van der Waals surface area contributed by atoms with Gasteiger partial charge in [0.2, 0.25) is 0 Å². The number of aromatic nitrogens is 2. The minimum atomic E-state index is -2.88. The molecular weight excluding hydrogens is 404 g/mol. The third-order valence-corrected chi connectivity index (χ3v) is 5.29. The molecule has 1 atom stereocenters. The molecule has 1 N–H and O–H groups in total. The predicted molar refractivity (Wildman–Crippen MR) is 101 cm³/mol. The van der Waals surface area contributed by atoms with Gasteiger partial charge < -0.3 is 13.9 Å². The van der Waals surface area contributed by atoms with E-state index in [4.69, 9.17) is 9.15 Å². The Morgan fingerprint density at radius 3 is 2.83 bits per heavy atom. The number of oxazole rings is 1. The van der Waals surface area contributed by atoms with E-state index in [0.29, 0.717) is 23.2 Å². The van der Waals surface area contributed by atoms with E-state index in [-0.39, 0.29) is 17.5 Å². The number of rotatable bonds is 6. The molecule has 152 valence electrons. The monoisotopic (exact) mass is 421 g/mol. The Balaban J connectivity index is 1.50. The number of carbonyl (C=O) groups is 1. The summed E-state index contributed by atoms with van der Waals surface area (Å²) in [5, 5.41) is 3.14. The lowest BCUT2D eigenvalue weighted by Gasteiger charge is -2.07. The summed E-state index contributed by atoms with van der Waals surface area (Å²) in [6.07, 6.45) is 2.65. The zero-order valence-electron chi connectivity index (χ0n) is 15.4. The van der Waals surface area contributed by atoms with Crippen molar-refractivity contribution in [2.24, 2.45) is 0 Å². The predicted octanol–water partition coefficient (Wildman–Crippen LogP) is 4.81. The Morgan fingerprint density at radius 1 is 1.34 bits per heavy atom.